The molecule has 0 aromatic heterocycles. The van der Waals surface area contributed by atoms with Crippen LogP contribution in [0.4, 0.5) is 10.1 Å². The molecule has 0 heterocycles. The Hall–Kier alpha value is -2.06. The van der Waals surface area contributed by atoms with Crippen LogP contribution in [-0.4, -0.2) is 37.9 Å². The van der Waals surface area contributed by atoms with Gasteiger partial charge in [-0.1, -0.05) is 0 Å². The third-order valence-electron chi connectivity index (χ3n) is 2.65. The summed E-state index contributed by atoms with van der Waals surface area (Å²) in [7, 11) is 2.77. The molecule has 1 rings (SSSR count). The zero-order valence-electron chi connectivity index (χ0n) is 11.3. The van der Waals surface area contributed by atoms with Crippen molar-refractivity contribution in [1.82, 2.24) is 5.32 Å². The number of nitro benzene ring substituents is 1. The number of hydrogen-bond acceptors (Lipinski definition) is 5. The van der Waals surface area contributed by atoms with E-state index in [0.717, 1.165) is 12.1 Å². The Morgan fingerprint density at radius 2 is 2.05 bits per heavy atom. The molecule has 0 aliphatic heterocycles. The van der Waals surface area contributed by atoms with E-state index in [1.807, 2.05) is 0 Å². The Kier molecular flexibility index (Phi) is 5.53. The molecule has 1 amide bonds. The fourth-order valence-corrected chi connectivity index (χ4v) is 1.56. The minimum absolute atomic E-state index is 0.00693. The van der Waals surface area contributed by atoms with Crippen molar-refractivity contribution in [2.75, 3.05) is 20.8 Å². The van der Waals surface area contributed by atoms with Crippen molar-refractivity contribution in [3.05, 3.63) is 39.2 Å². The Bertz CT molecular complexity index is 517. The normalized spacial score (nSPS) is 10.7. The molecular weight excluding hydrogens is 271 g/mol. The molecule has 0 saturated carbocycles. The SMILES string of the molecule is COC(CNC(=O)c1cc([N+](=O)[O-])cc(C)c1F)OC. The first kappa shape index (κ1) is 16.0. The number of ether oxygens (including phenoxy) is 2. The van der Waals surface area contributed by atoms with Gasteiger partial charge in [-0.25, -0.2) is 4.39 Å². The van der Waals surface area contributed by atoms with Gasteiger partial charge in [-0.3, -0.25) is 14.9 Å². The van der Waals surface area contributed by atoms with Gasteiger partial charge in [-0.15, -0.1) is 0 Å². The summed E-state index contributed by atoms with van der Waals surface area (Å²) >= 11 is 0. The summed E-state index contributed by atoms with van der Waals surface area (Å²) in [5, 5.41) is 13.1. The van der Waals surface area contributed by atoms with Crippen molar-refractivity contribution in [3.63, 3.8) is 0 Å². The van der Waals surface area contributed by atoms with Crippen LogP contribution in [0.3, 0.4) is 0 Å². The van der Waals surface area contributed by atoms with Crippen LogP contribution in [0.5, 0.6) is 0 Å². The number of nitro groups is 1. The van der Waals surface area contributed by atoms with Crippen molar-refractivity contribution in [2.24, 2.45) is 0 Å². The van der Waals surface area contributed by atoms with E-state index in [9.17, 15) is 19.3 Å². The number of nitrogens with one attached hydrogen (secondary N) is 1. The molecule has 0 unspecified atom stereocenters. The van der Waals surface area contributed by atoms with Crippen molar-refractivity contribution >= 4 is 11.6 Å². The van der Waals surface area contributed by atoms with E-state index in [1.54, 1.807) is 0 Å². The Balaban J connectivity index is 2.95. The summed E-state index contributed by atoms with van der Waals surface area (Å²) in [6.07, 6.45) is -0.679. The molecule has 110 valence electrons. The molecule has 0 fully saturated rings. The number of carbonyl (C=O) groups excluding carboxylic acids is 1. The molecule has 8 heteroatoms. The van der Waals surface area contributed by atoms with E-state index in [0.29, 0.717) is 0 Å². The van der Waals surface area contributed by atoms with Gasteiger partial charge in [-0.2, -0.15) is 0 Å². The Morgan fingerprint density at radius 1 is 1.45 bits per heavy atom. The number of benzene rings is 1. The number of hydrogen-bond donors (Lipinski definition) is 1. The number of methoxy groups -OCH3 is 2. The second kappa shape index (κ2) is 6.92. The number of aryl methyl sites for hydroxylation is 1. The van der Waals surface area contributed by atoms with Gasteiger partial charge in [0.2, 0.25) is 0 Å². The molecule has 0 saturated heterocycles. The minimum atomic E-state index is -0.792. The van der Waals surface area contributed by atoms with E-state index in [2.05, 4.69) is 5.32 Å². The van der Waals surface area contributed by atoms with Gasteiger partial charge in [0.25, 0.3) is 11.6 Å². The first-order valence-corrected chi connectivity index (χ1v) is 5.69. The molecule has 0 bridgehead atoms. The molecule has 0 aliphatic carbocycles. The lowest BCUT2D eigenvalue weighted by molar-refractivity contribution is -0.385. The van der Waals surface area contributed by atoms with Crippen LogP contribution in [0.15, 0.2) is 12.1 Å². The lowest BCUT2D eigenvalue weighted by Crippen LogP contribution is -2.34. The second-order valence-corrected chi connectivity index (χ2v) is 3.99. The molecule has 0 radical (unpaired) electrons. The van der Waals surface area contributed by atoms with E-state index in [4.69, 9.17) is 9.47 Å². The van der Waals surface area contributed by atoms with E-state index >= 15 is 0 Å². The first-order chi connectivity index (χ1) is 9.40. The minimum Gasteiger partial charge on any atom is -0.354 e. The van der Waals surface area contributed by atoms with Crippen LogP contribution in [0, 0.1) is 22.9 Å². The van der Waals surface area contributed by atoms with Crippen LogP contribution in [0.1, 0.15) is 15.9 Å². The number of nitrogens with zero attached hydrogens (tertiary/aromatic N) is 1. The molecule has 20 heavy (non-hydrogen) atoms. The maximum Gasteiger partial charge on any atom is 0.270 e. The van der Waals surface area contributed by atoms with Crippen LogP contribution >= 0.6 is 0 Å². The topological polar surface area (TPSA) is 90.7 Å². The van der Waals surface area contributed by atoms with Gasteiger partial charge in [-0.05, 0) is 12.5 Å². The first-order valence-electron chi connectivity index (χ1n) is 5.69. The summed E-state index contributed by atoms with van der Waals surface area (Å²) in [5.41, 5.74) is -0.703. The van der Waals surface area contributed by atoms with Crippen molar-refractivity contribution in [1.29, 1.82) is 0 Å². The maximum atomic E-state index is 13.8. The predicted molar refractivity (Wildman–Crippen MR) is 67.9 cm³/mol. The highest BCUT2D eigenvalue weighted by molar-refractivity contribution is 5.95. The number of halogens is 1. The van der Waals surface area contributed by atoms with Gasteiger partial charge >= 0.3 is 0 Å². The lowest BCUT2D eigenvalue weighted by Gasteiger charge is -2.14. The standard InChI is InChI=1S/C12H15FN2O5/c1-7-4-8(15(17)18)5-9(11(7)13)12(16)14-6-10(19-2)20-3/h4-5,10H,6H2,1-3H3,(H,14,16). The predicted octanol–water partition coefficient (Wildman–Crippen LogP) is 1.39. The summed E-state index contributed by atoms with van der Waals surface area (Å²) < 4.78 is 23.6. The van der Waals surface area contributed by atoms with Crippen LogP contribution in [0.2, 0.25) is 0 Å². The molecule has 7 nitrogen and oxygen atoms in total. The third-order valence-corrected chi connectivity index (χ3v) is 2.65. The summed E-state index contributed by atoms with van der Waals surface area (Å²) in [6.45, 7) is 1.35. The van der Waals surface area contributed by atoms with Crippen LogP contribution in [-0.2, 0) is 9.47 Å². The number of rotatable bonds is 6. The summed E-state index contributed by atoms with van der Waals surface area (Å²) in [6, 6.07) is 1.96. The van der Waals surface area contributed by atoms with Gasteiger partial charge < -0.3 is 14.8 Å². The van der Waals surface area contributed by atoms with E-state index in [1.165, 1.54) is 21.1 Å². The van der Waals surface area contributed by atoms with Crippen LogP contribution in [0.25, 0.3) is 0 Å². The number of carbonyl (C=O) groups is 1. The highest BCUT2D eigenvalue weighted by Crippen LogP contribution is 2.20. The van der Waals surface area contributed by atoms with Crippen molar-refractivity contribution in [3.8, 4) is 0 Å². The highest BCUT2D eigenvalue weighted by atomic mass is 19.1. The zero-order valence-corrected chi connectivity index (χ0v) is 11.3. The summed E-state index contributed by atoms with van der Waals surface area (Å²) in [5.74, 6) is -1.56. The van der Waals surface area contributed by atoms with Gasteiger partial charge in [0, 0.05) is 26.4 Å². The summed E-state index contributed by atoms with van der Waals surface area (Å²) in [4.78, 5) is 21.9. The molecule has 1 N–H and O–H groups in total. The van der Waals surface area contributed by atoms with Crippen molar-refractivity contribution < 1.29 is 23.6 Å². The molecule has 0 aliphatic rings. The Labute approximate surface area is 114 Å². The molecule has 0 spiro atoms. The average molecular weight is 286 g/mol. The van der Waals surface area contributed by atoms with Crippen molar-refractivity contribution in [2.45, 2.75) is 13.2 Å². The smallest absolute Gasteiger partial charge is 0.270 e. The third kappa shape index (κ3) is 3.72. The Morgan fingerprint density at radius 3 is 2.55 bits per heavy atom. The van der Waals surface area contributed by atoms with E-state index < -0.39 is 22.9 Å². The fraction of sp³-hybridized carbons (Fsp3) is 0.417. The molecule has 1 aromatic carbocycles. The van der Waals surface area contributed by atoms with Crippen LogP contribution < -0.4 is 5.32 Å². The largest absolute Gasteiger partial charge is 0.354 e. The van der Waals surface area contributed by atoms with Gasteiger partial charge in [0.1, 0.15) is 5.82 Å². The average Bonchev–Trinajstić information content (AvgIpc) is 2.42. The number of non-ortho nitro benzene ring substituents is 1. The number of amides is 1. The molecule has 1 aromatic rings. The molecular formula is C12H15FN2O5. The fourth-order valence-electron chi connectivity index (χ4n) is 1.56. The highest BCUT2D eigenvalue weighted by Gasteiger charge is 2.20. The van der Waals surface area contributed by atoms with E-state index in [-0.39, 0.29) is 23.4 Å². The quantitative estimate of drug-likeness (QED) is 0.485. The lowest BCUT2D eigenvalue weighted by atomic mass is 10.1. The van der Waals surface area contributed by atoms with Gasteiger partial charge in [0.15, 0.2) is 6.29 Å². The van der Waals surface area contributed by atoms with Gasteiger partial charge in [0.05, 0.1) is 17.0 Å². The maximum absolute atomic E-state index is 13.8. The zero-order chi connectivity index (χ0) is 15.3. The second-order valence-electron chi connectivity index (χ2n) is 3.99. The molecule has 0 atom stereocenters. The monoisotopic (exact) mass is 286 g/mol.